The molecule has 1 aliphatic rings. The minimum Gasteiger partial charge on any atom is -0.508 e. The number of hydrogen-bond donors (Lipinski definition) is 3. The van der Waals surface area contributed by atoms with Crippen molar-refractivity contribution >= 4 is 22.6 Å². The molecule has 0 saturated heterocycles. The average Bonchev–Trinajstić information content (AvgIpc) is 2.71. The first kappa shape index (κ1) is 21.7. The summed E-state index contributed by atoms with van der Waals surface area (Å²) in [4.78, 5) is 29.2. The molecule has 0 radical (unpaired) electrons. The molecule has 1 aromatic heterocycles. The van der Waals surface area contributed by atoms with Crippen molar-refractivity contribution in [3.05, 3.63) is 59.2 Å². The van der Waals surface area contributed by atoms with E-state index in [9.17, 15) is 24.2 Å². The van der Waals surface area contributed by atoms with E-state index in [-0.39, 0.29) is 23.2 Å². The number of aromatic hydroxyl groups is 1. The summed E-state index contributed by atoms with van der Waals surface area (Å²) >= 11 is 0. The SMILES string of the molecule is Cc1cc(-c2c(C(C)C)nc(C(=O)N[C@H]3CC[C@H]3C(=O)O)c3cc(O)ccc23)ccc1F. The number of nitrogens with zero attached hydrogens (tertiary/aromatic N) is 1. The third-order valence-electron chi connectivity index (χ3n) is 6.13. The molecule has 2 atom stereocenters. The number of pyridine rings is 1. The normalized spacial score (nSPS) is 17.9. The summed E-state index contributed by atoms with van der Waals surface area (Å²) in [6.07, 6.45) is 1.12. The highest BCUT2D eigenvalue weighted by Gasteiger charge is 2.38. The number of hydrogen-bond acceptors (Lipinski definition) is 4. The molecule has 6 nitrogen and oxygen atoms in total. The van der Waals surface area contributed by atoms with E-state index >= 15 is 0 Å². The second-order valence-corrected chi connectivity index (χ2v) is 8.67. The molecule has 3 aromatic rings. The first-order valence-electron chi connectivity index (χ1n) is 10.6. The molecule has 7 heteroatoms. The zero-order valence-corrected chi connectivity index (χ0v) is 18.1. The van der Waals surface area contributed by atoms with Crippen LogP contribution in [0.2, 0.25) is 0 Å². The number of rotatable bonds is 5. The van der Waals surface area contributed by atoms with E-state index in [0.29, 0.717) is 34.9 Å². The Bertz CT molecular complexity index is 1240. The molecule has 4 rings (SSSR count). The Morgan fingerprint density at radius 1 is 1.12 bits per heavy atom. The highest BCUT2D eigenvalue weighted by molar-refractivity contribution is 6.10. The van der Waals surface area contributed by atoms with Crippen LogP contribution in [-0.4, -0.2) is 33.1 Å². The maximum absolute atomic E-state index is 13.9. The van der Waals surface area contributed by atoms with Crippen molar-refractivity contribution < 1.29 is 24.2 Å². The molecule has 2 aromatic carbocycles. The molecular formula is C25H25FN2O4. The van der Waals surface area contributed by atoms with Gasteiger partial charge in [-0.1, -0.05) is 19.9 Å². The third-order valence-corrected chi connectivity index (χ3v) is 6.13. The highest BCUT2D eigenvalue weighted by atomic mass is 19.1. The topological polar surface area (TPSA) is 99.5 Å². The van der Waals surface area contributed by atoms with E-state index < -0.39 is 23.8 Å². The lowest BCUT2D eigenvalue weighted by molar-refractivity contribution is -0.145. The molecule has 166 valence electrons. The number of phenolic OH excluding ortho intramolecular Hbond substituents is 1. The molecule has 32 heavy (non-hydrogen) atoms. The van der Waals surface area contributed by atoms with Crippen molar-refractivity contribution in [3.63, 3.8) is 0 Å². The van der Waals surface area contributed by atoms with Crippen molar-refractivity contribution in [2.24, 2.45) is 5.92 Å². The molecule has 1 aliphatic carbocycles. The Balaban J connectivity index is 1.90. The summed E-state index contributed by atoms with van der Waals surface area (Å²) in [5, 5.41) is 23.4. The van der Waals surface area contributed by atoms with Gasteiger partial charge in [0.15, 0.2) is 0 Å². The lowest BCUT2D eigenvalue weighted by Crippen LogP contribution is -2.50. The lowest BCUT2D eigenvalue weighted by atomic mass is 9.79. The first-order valence-corrected chi connectivity index (χ1v) is 10.6. The molecule has 1 amide bonds. The largest absolute Gasteiger partial charge is 0.508 e. The molecular weight excluding hydrogens is 411 g/mol. The first-order chi connectivity index (χ1) is 15.2. The van der Waals surface area contributed by atoms with Gasteiger partial charge in [-0.2, -0.15) is 0 Å². The number of aliphatic carboxylic acids is 1. The third kappa shape index (κ3) is 3.79. The number of carboxylic acids is 1. The van der Waals surface area contributed by atoms with Crippen molar-refractivity contribution in [2.75, 3.05) is 0 Å². The van der Waals surface area contributed by atoms with Crippen LogP contribution in [0.25, 0.3) is 21.9 Å². The van der Waals surface area contributed by atoms with Crippen molar-refractivity contribution in [1.82, 2.24) is 10.3 Å². The summed E-state index contributed by atoms with van der Waals surface area (Å²) in [6, 6.07) is 9.14. The van der Waals surface area contributed by atoms with Crippen LogP contribution in [0.15, 0.2) is 36.4 Å². The fourth-order valence-electron chi connectivity index (χ4n) is 4.22. The zero-order valence-electron chi connectivity index (χ0n) is 18.1. The smallest absolute Gasteiger partial charge is 0.308 e. The average molecular weight is 436 g/mol. The van der Waals surface area contributed by atoms with Crippen LogP contribution < -0.4 is 5.32 Å². The van der Waals surface area contributed by atoms with Gasteiger partial charge in [0.25, 0.3) is 5.91 Å². The number of fused-ring (bicyclic) bond motifs is 1. The van der Waals surface area contributed by atoms with E-state index in [2.05, 4.69) is 10.3 Å². The summed E-state index contributed by atoms with van der Waals surface area (Å²) in [5.74, 6) is -2.37. The van der Waals surface area contributed by atoms with Gasteiger partial charge in [-0.05, 0) is 72.5 Å². The Hall–Kier alpha value is -3.48. The van der Waals surface area contributed by atoms with Crippen LogP contribution in [0.3, 0.4) is 0 Å². The van der Waals surface area contributed by atoms with Crippen molar-refractivity contribution in [3.8, 4) is 16.9 Å². The van der Waals surface area contributed by atoms with Crippen LogP contribution in [0, 0.1) is 18.7 Å². The molecule has 3 N–H and O–H groups in total. The van der Waals surface area contributed by atoms with E-state index in [4.69, 9.17) is 0 Å². The van der Waals surface area contributed by atoms with E-state index in [0.717, 1.165) is 11.1 Å². The molecule has 0 unspecified atom stereocenters. The van der Waals surface area contributed by atoms with Crippen LogP contribution in [-0.2, 0) is 4.79 Å². The maximum atomic E-state index is 13.9. The maximum Gasteiger partial charge on any atom is 0.308 e. The molecule has 0 aliphatic heterocycles. The number of carbonyl (C=O) groups is 2. The molecule has 1 fully saturated rings. The predicted octanol–water partition coefficient (Wildman–Crippen LogP) is 4.77. The second kappa shape index (κ2) is 8.22. The number of amides is 1. The molecule has 0 bridgehead atoms. The fourth-order valence-corrected chi connectivity index (χ4v) is 4.22. The Kier molecular flexibility index (Phi) is 5.59. The van der Waals surface area contributed by atoms with Crippen molar-refractivity contribution in [1.29, 1.82) is 0 Å². The second-order valence-electron chi connectivity index (χ2n) is 8.67. The standard InChI is InChI=1S/C25H25FN2O4/c1-12(2)22-21(14-4-8-19(26)13(3)10-14)16-6-5-15(29)11-18(16)23(28-22)24(30)27-20-9-7-17(20)25(31)32/h4-6,8,10-12,17,20,29H,7,9H2,1-3H3,(H,27,30)(H,31,32)/t17-,20+/m1/s1. The minimum atomic E-state index is -0.929. The van der Waals surface area contributed by atoms with Gasteiger partial charge in [-0.3, -0.25) is 9.59 Å². The van der Waals surface area contributed by atoms with Crippen LogP contribution in [0.1, 0.15) is 54.4 Å². The summed E-state index contributed by atoms with van der Waals surface area (Å²) < 4.78 is 13.9. The van der Waals surface area contributed by atoms with Gasteiger partial charge in [-0.25, -0.2) is 9.37 Å². The molecule has 0 spiro atoms. The van der Waals surface area contributed by atoms with Gasteiger partial charge in [-0.15, -0.1) is 0 Å². The zero-order chi connectivity index (χ0) is 23.2. The number of carbonyl (C=O) groups excluding carboxylic acids is 1. The van der Waals surface area contributed by atoms with E-state index in [1.807, 2.05) is 13.8 Å². The van der Waals surface area contributed by atoms with E-state index in [1.165, 1.54) is 12.1 Å². The molecule has 1 saturated carbocycles. The number of carboxylic acid groups (broad SMARTS) is 1. The van der Waals surface area contributed by atoms with Crippen LogP contribution in [0.4, 0.5) is 4.39 Å². The Labute approximate surface area is 185 Å². The summed E-state index contributed by atoms with van der Waals surface area (Å²) in [6.45, 7) is 5.61. The minimum absolute atomic E-state index is 0.0149. The van der Waals surface area contributed by atoms with E-state index in [1.54, 1.807) is 31.2 Å². The highest BCUT2D eigenvalue weighted by Crippen LogP contribution is 2.38. The van der Waals surface area contributed by atoms with Crippen molar-refractivity contribution in [2.45, 2.75) is 45.6 Å². The summed E-state index contributed by atoms with van der Waals surface area (Å²) in [7, 11) is 0. The van der Waals surface area contributed by atoms with Gasteiger partial charge >= 0.3 is 5.97 Å². The Morgan fingerprint density at radius 3 is 2.47 bits per heavy atom. The number of nitrogens with one attached hydrogen (secondary N) is 1. The summed E-state index contributed by atoms with van der Waals surface area (Å²) in [5.41, 5.74) is 2.85. The predicted molar refractivity (Wildman–Crippen MR) is 119 cm³/mol. The van der Waals surface area contributed by atoms with Gasteiger partial charge < -0.3 is 15.5 Å². The van der Waals surface area contributed by atoms with Crippen LogP contribution in [0.5, 0.6) is 5.75 Å². The van der Waals surface area contributed by atoms with Gasteiger partial charge in [0.05, 0.1) is 11.6 Å². The van der Waals surface area contributed by atoms with Crippen LogP contribution >= 0.6 is 0 Å². The van der Waals surface area contributed by atoms with Gasteiger partial charge in [0, 0.05) is 17.0 Å². The molecule has 1 heterocycles. The Morgan fingerprint density at radius 2 is 1.88 bits per heavy atom. The fraction of sp³-hybridized carbons (Fsp3) is 0.320. The number of aromatic nitrogens is 1. The number of aryl methyl sites for hydroxylation is 1. The van der Waals surface area contributed by atoms with Gasteiger partial charge in [0.1, 0.15) is 17.3 Å². The quantitative estimate of drug-likeness (QED) is 0.535. The number of benzene rings is 2. The van der Waals surface area contributed by atoms with Gasteiger partial charge in [0.2, 0.25) is 0 Å². The number of halogens is 1. The lowest BCUT2D eigenvalue weighted by Gasteiger charge is -2.34. The number of phenols is 1. The monoisotopic (exact) mass is 436 g/mol.